The summed E-state index contributed by atoms with van der Waals surface area (Å²) in [5.41, 5.74) is 1.11. The fourth-order valence-corrected chi connectivity index (χ4v) is 2.08. The van der Waals surface area contributed by atoms with E-state index in [0.717, 1.165) is 44.2 Å². The van der Waals surface area contributed by atoms with Crippen molar-refractivity contribution in [1.29, 1.82) is 0 Å². The number of rotatable bonds is 5. The lowest BCUT2D eigenvalue weighted by Crippen LogP contribution is -2.37. The molecule has 2 unspecified atom stereocenters. The van der Waals surface area contributed by atoms with Crippen LogP contribution in [0.4, 0.5) is 0 Å². The minimum absolute atomic E-state index is 0.184. The molecular formula is C13H25N3O. The number of nitrogens with zero attached hydrogens (tertiary/aromatic N) is 1. The molecule has 1 rings (SSSR count). The van der Waals surface area contributed by atoms with E-state index >= 15 is 0 Å². The first-order chi connectivity index (χ1) is 8.19. The molecule has 1 fully saturated rings. The Balaban J connectivity index is 2.51. The van der Waals surface area contributed by atoms with Crippen molar-refractivity contribution in [2.24, 2.45) is 10.9 Å². The zero-order chi connectivity index (χ0) is 12.7. The number of hydrogen-bond donors (Lipinski definition) is 2. The first-order valence-corrected chi connectivity index (χ1v) is 6.48. The molecular weight excluding hydrogens is 214 g/mol. The van der Waals surface area contributed by atoms with Crippen molar-refractivity contribution in [2.45, 2.75) is 33.3 Å². The lowest BCUT2D eigenvalue weighted by Gasteiger charge is -2.17. The van der Waals surface area contributed by atoms with E-state index in [0.29, 0.717) is 5.92 Å². The standard InChI is InChI=1S/C13H25N3O/c1-5-14-13(15-6-2)16-9-11-7-8-17-12(11)10(3)4/h11-12H,3,5-9H2,1-2,4H3,(H2,14,15,16). The third-order valence-electron chi connectivity index (χ3n) is 2.87. The zero-order valence-electron chi connectivity index (χ0n) is 11.3. The molecule has 1 aliphatic heterocycles. The Morgan fingerprint density at radius 1 is 1.35 bits per heavy atom. The van der Waals surface area contributed by atoms with Crippen LogP contribution in [0.25, 0.3) is 0 Å². The van der Waals surface area contributed by atoms with Gasteiger partial charge in [-0.25, -0.2) is 0 Å². The van der Waals surface area contributed by atoms with Crippen LogP contribution >= 0.6 is 0 Å². The van der Waals surface area contributed by atoms with Crippen molar-refractivity contribution in [3.8, 4) is 0 Å². The Kier molecular flexibility index (Phi) is 6.05. The predicted molar refractivity (Wildman–Crippen MR) is 72.3 cm³/mol. The molecule has 0 aliphatic carbocycles. The van der Waals surface area contributed by atoms with E-state index in [1.165, 1.54) is 0 Å². The molecule has 0 aromatic carbocycles. The molecule has 17 heavy (non-hydrogen) atoms. The quantitative estimate of drug-likeness (QED) is 0.434. The van der Waals surface area contributed by atoms with Crippen LogP contribution in [0.1, 0.15) is 27.2 Å². The van der Waals surface area contributed by atoms with E-state index < -0.39 is 0 Å². The van der Waals surface area contributed by atoms with Gasteiger partial charge in [0.05, 0.1) is 6.10 Å². The van der Waals surface area contributed by atoms with Crippen LogP contribution in [0, 0.1) is 5.92 Å². The highest BCUT2D eigenvalue weighted by Gasteiger charge is 2.28. The first-order valence-electron chi connectivity index (χ1n) is 6.48. The van der Waals surface area contributed by atoms with Gasteiger partial charge in [-0.15, -0.1) is 0 Å². The van der Waals surface area contributed by atoms with Crippen molar-refractivity contribution in [3.05, 3.63) is 12.2 Å². The summed E-state index contributed by atoms with van der Waals surface area (Å²) in [7, 11) is 0. The molecule has 0 radical (unpaired) electrons. The minimum Gasteiger partial charge on any atom is -0.374 e. The number of guanidine groups is 1. The van der Waals surface area contributed by atoms with Gasteiger partial charge in [0.15, 0.2) is 5.96 Å². The molecule has 4 nitrogen and oxygen atoms in total. The molecule has 0 aromatic rings. The van der Waals surface area contributed by atoms with E-state index in [4.69, 9.17) is 4.74 Å². The van der Waals surface area contributed by atoms with Gasteiger partial charge in [0, 0.05) is 32.2 Å². The molecule has 4 heteroatoms. The third kappa shape index (κ3) is 4.38. The van der Waals surface area contributed by atoms with Gasteiger partial charge in [0.1, 0.15) is 0 Å². The highest BCUT2D eigenvalue weighted by atomic mass is 16.5. The van der Waals surface area contributed by atoms with Gasteiger partial charge in [-0.1, -0.05) is 12.2 Å². The summed E-state index contributed by atoms with van der Waals surface area (Å²) in [6.07, 6.45) is 1.26. The van der Waals surface area contributed by atoms with Crippen molar-refractivity contribution in [1.82, 2.24) is 10.6 Å². The maximum atomic E-state index is 5.67. The fraction of sp³-hybridized carbons (Fsp3) is 0.769. The van der Waals surface area contributed by atoms with Gasteiger partial charge < -0.3 is 15.4 Å². The molecule has 0 spiro atoms. The van der Waals surface area contributed by atoms with Gasteiger partial charge >= 0.3 is 0 Å². The molecule has 1 aliphatic rings. The maximum Gasteiger partial charge on any atom is 0.191 e. The van der Waals surface area contributed by atoms with E-state index in [1.54, 1.807) is 0 Å². The average Bonchev–Trinajstić information content (AvgIpc) is 2.74. The Hall–Kier alpha value is -1.03. The molecule has 1 heterocycles. The second-order valence-corrected chi connectivity index (χ2v) is 4.44. The fourth-order valence-electron chi connectivity index (χ4n) is 2.08. The topological polar surface area (TPSA) is 45.6 Å². The van der Waals surface area contributed by atoms with E-state index in [9.17, 15) is 0 Å². The Labute approximate surface area is 105 Å². The van der Waals surface area contributed by atoms with E-state index in [-0.39, 0.29) is 6.10 Å². The van der Waals surface area contributed by atoms with E-state index in [2.05, 4.69) is 36.1 Å². The highest BCUT2D eigenvalue weighted by molar-refractivity contribution is 5.79. The van der Waals surface area contributed by atoms with Gasteiger partial charge in [0.2, 0.25) is 0 Å². The number of nitrogens with one attached hydrogen (secondary N) is 2. The van der Waals surface area contributed by atoms with Crippen LogP contribution in [0.3, 0.4) is 0 Å². The molecule has 0 bridgehead atoms. The van der Waals surface area contributed by atoms with Crippen molar-refractivity contribution >= 4 is 5.96 Å². The Morgan fingerprint density at radius 3 is 2.53 bits per heavy atom. The third-order valence-corrected chi connectivity index (χ3v) is 2.87. The van der Waals surface area contributed by atoms with Gasteiger partial charge in [-0.3, -0.25) is 4.99 Å². The normalized spacial score (nSPS) is 23.2. The summed E-state index contributed by atoms with van der Waals surface area (Å²) in [5, 5.41) is 6.45. The highest BCUT2D eigenvalue weighted by Crippen LogP contribution is 2.25. The van der Waals surface area contributed by atoms with Crippen LogP contribution in [0.15, 0.2) is 17.1 Å². The number of ether oxygens (including phenoxy) is 1. The smallest absolute Gasteiger partial charge is 0.191 e. The molecule has 0 aromatic heterocycles. The van der Waals surface area contributed by atoms with Crippen LogP contribution < -0.4 is 10.6 Å². The first kappa shape index (κ1) is 14.0. The van der Waals surface area contributed by atoms with Crippen LogP contribution in [0.5, 0.6) is 0 Å². The van der Waals surface area contributed by atoms with Gasteiger partial charge in [-0.05, 0) is 27.2 Å². The number of hydrogen-bond acceptors (Lipinski definition) is 2. The van der Waals surface area contributed by atoms with E-state index in [1.807, 2.05) is 6.92 Å². The Bertz CT molecular complexity index is 268. The lowest BCUT2D eigenvalue weighted by molar-refractivity contribution is 0.120. The largest absolute Gasteiger partial charge is 0.374 e. The van der Waals surface area contributed by atoms with Gasteiger partial charge in [-0.2, -0.15) is 0 Å². The van der Waals surface area contributed by atoms with Crippen molar-refractivity contribution < 1.29 is 4.74 Å². The minimum atomic E-state index is 0.184. The Morgan fingerprint density at radius 2 is 2.00 bits per heavy atom. The molecule has 0 amide bonds. The molecule has 0 saturated carbocycles. The number of aliphatic imine (C=N–C) groups is 1. The summed E-state index contributed by atoms with van der Waals surface area (Å²) < 4.78 is 5.67. The van der Waals surface area contributed by atoms with Crippen LogP contribution in [-0.2, 0) is 4.74 Å². The summed E-state index contributed by atoms with van der Waals surface area (Å²) in [6, 6.07) is 0. The maximum absolute atomic E-state index is 5.67. The molecule has 2 N–H and O–H groups in total. The lowest BCUT2D eigenvalue weighted by atomic mass is 9.97. The van der Waals surface area contributed by atoms with Crippen molar-refractivity contribution in [2.75, 3.05) is 26.2 Å². The summed E-state index contributed by atoms with van der Waals surface area (Å²) in [4.78, 5) is 4.59. The molecule has 1 saturated heterocycles. The second-order valence-electron chi connectivity index (χ2n) is 4.44. The summed E-state index contributed by atoms with van der Waals surface area (Å²) in [6.45, 7) is 13.6. The van der Waals surface area contributed by atoms with Crippen LogP contribution in [-0.4, -0.2) is 38.3 Å². The summed E-state index contributed by atoms with van der Waals surface area (Å²) in [5.74, 6) is 1.36. The molecule has 98 valence electrons. The molecule has 2 atom stereocenters. The monoisotopic (exact) mass is 239 g/mol. The average molecular weight is 239 g/mol. The SMILES string of the molecule is C=C(C)C1OCCC1CN=C(NCC)NCC. The zero-order valence-corrected chi connectivity index (χ0v) is 11.3. The second kappa shape index (κ2) is 7.33. The predicted octanol–water partition coefficient (Wildman–Crippen LogP) is 1.54. The van der Waals surface area contributed by atoms with Gasteiger partial charge in [0.25, 0.3) is 0 Å². The summed E-state index contributed by atoms with van der Waals surface area (Å²) >= 11 is 0. The van der Waals surface area contributed by atoms with Crippen molar-refractivity contribution in [3.63, 3.8) is 0 Å². The van der Waals surface area contributed by atoms with Crippen LogP contribution in [0.2, 0.25) is 0 Å².